The Hall–Kier alpha value is -1.74. The lowest BCUT2D eigenvalue weighted by Crippen LogP contribution is -2.38. The van der Waals surface area contributed by atoms with Gasteiger partial charge in [-0.15, -0.1) is 10.2 Å². The Labute approximate surface area is 160 Å². The molecule has 0 bridgehead atoms. The summed E-state index contributed by atoms with van der Waals surface area (Å²) >= 11 is 7.52. The third kappa shape index (κ3) is 3.29. The van der Waals surface area contributed by atoms with Crippen LogP contribution in [0.1, 0.15) is 31.2 Å². The van der Waals surface area contributed by atoms with Gasteiger partial charge in [0.2, 0.25) is 21.8 Å². The van der Waals surface area contributed by atoms with Gasteiger partial charge in [-0.3, -0.25) is 0 Å². The largest absolute Gasteiger partial charge is 0.419 e. The van der Waals surface area contributed by atoms with Crippen molar-refractivity contribution < 1.29 is 12.8 Å². The highest BCUT2D eigenvalue weighted by Crippen LogP contribution is 2.36. The van der Waals surface area contributed by atoms with E-state index in [0.29, 0.717) is 29.8 Å². The van der Waals surface area contributed by atoms with E-state index >= 15 is 0 Å². The number of piperidine rings is 1. The van der Waals surface area contributed by atoms with Gasteiger partial charge in [-0.1, -0.05) is 24.1 Å². The first kappa shape index (κ1) is 17.7. The normalized spacial score (nSPS) is 18.9. The van der Waals surface area contributed by atoms with Crippen LogP contribution in [0.15, 0.2) is 50.4 Å². The standard InChI is InChI=1S/C17H16ClN3O3S2/c18-13-4-3-5-14(10-13)26(22,23)21-8-2-1-6-15(21)17-20-19-16(24-17)12-7-9-25-11-12/h3-5,7,9-11,15H,1-2,6,8H2. The zero-order valence-electron chi connectivity index (χ0n) is 13.7. The number of halogens is 1. The highest BCUT2D eigenvalue weighted by atomic mass is 35.5. The predicted octanol–water partition coefficient (Wildman–Crippen LogP) is 4.37. The van der Waals surface area contributed by atoms with Gasteiger partial charge < -0.3 is 4.42 Å². The van der Waals surface area contributed by atoms with Gasteiger partial charge in [0, 0.05) is 22.5 Å². The third-order valence-electron chi connectivity index (χ3n) is 4.35. The number of benzene rings is 1. The molecule has 0 radical (unpaired) electrons. The van der Waals surface area contributed by atoms with Gasteiger partial charge in [0.1, 0.15) is 6.04 Å². The molecule has 1 saturated heterocycles. The highest BCUT2D eigenvalue weighted by molar-refractivity contribution is 7.89. The number of hydrogen-bond donors (Lipinski definition) is 0. The molecule has 4 rings (SSSR count). The van der Waals surface area contributed by atoms with Gasteiger partial charge in [0.05, 0.1) is 4.90 Å². The molecule has 0 spiro atoms. The van der Waals surface area contributed by atoms with E-state index in [9.17, 15) is 8.42 Å². The average Bonchev–Trinajstić information content (AvgIpc) is 3.33. The van der Waals surface area contributed by atoms with Crippen molar-refractivity contribution in [2.24, 2.45) is 0 Å². The first-order valence-electron chi connectivity index (χ1n) is 8.19. The summed E-state index contributed by atoms with van der Waals surface area (Å²) in [6.45, 7) is 0.412. The van der Waals surface area contributed by atoms with Gasteiger partial charge >= 0.3 is 0 Å². The minimum Gasteiger partial charge on any atom is -0.419 e. The zero-order chi connectivity index (χ0) is 18.1. The molecular formula is C17H16ClN3O3S2. The van der Waals surface area contributed by atoms with Gasteiger partial charge in [0.25, 0.3) is 0 Å². The van der Waals surface area contributed by atoms with Crippen LogP contribution >= 0.6 is 22.9 Å². The van der Waals surface area contributed by atoms with E-state index in [0.717, 1.165) is 18.4 Å². The van der Waals surface area contributed by atoms with Crippen LogP contribution in [0.2, 0.25) is 5.02 Å². The lowest BCUT2D eigenvalue weighted by Gasteiger charge is -2.32. The number of nitrogens with zero attached hydrogens (tertiary/aromatic N) is 3. The van der Waals surface area contributed by atoms with Crippen LogP contribution < -0.4 is 0 Å². The lowest BCUT2D eigenvalue weighted by atomic mass is 10.1. The Kier molecular flexibility index (Phi) is 4.83. The van der Waals surface area contributed by atoms with Crippen LogP contribution in [-0.4, -0.2) is 29.5 Å². The summed E-state index contributed by atoms with van der Waals surface area (Å²) in [4.78, 5) is 0.175. The Bertz CT molecular complexity index is 1000. The van der Waals surface area contributed by atoms with Crippen molar-refractivity contribution >= 4 is 33.0 Å². The predicted molar refractivity (Wildman–Crippen MR) is 99.5 cm³/mol. The second-order valence-electron chi connectivity index (χ2n) is 6.04. The maximum Gasteiger partial charge on any atom is 0.248 e. The summed E-state index contributed by atoms with van der Waals surface area (Å²) in [6.07, 6.45) is 2.34. The van der Waals surface area contributed by atoms with Crippen LogP contribution in [0, 0.1) is 0 Å². The number of aromatic nitrogens is 2. The molecule has 0 amide bonds. The summed E-state index contributed by atoms with van der Waals surface area (Å²) in [5.74, 6) is 0.739. The summed E-state index contributed by atoms with van der Waals surface area (Å²) in [5, 5.41) is 12.4. The van der Waals surface area contributed by atoms with Crippen LogP contribution in [0.5, 0.6) is 0 Å². The fourth-order valence-corrected chi connectivity index (χ4v) is 5.66. The van der Waals surface area contributed by atoms with E-state index in [1.54, 1.807) is 18.2 Å². The van der Waals surface area contributed by atoms with E-state index in [-0.39, 0.29) is 4.90 Å². The minimum atomic E-state index is -3.70. The molecule has 3 heterocycles. The quantitative estimate of drug-likeness (QED) is 0.639. The summed E-state index contributed by atoms with van der Waals surface area (Å²) < 4.78 is 33.5. The Morgan fingerprint density at radius 3 is 2.88 bits per heavy atom. The molecule has 1 aliphatic heterocycles. The Morgan fingerprint density at radius 2 is 2.12 bits per heavy atom. The molecule has 2 aromatic heterocycles. The minimum absolute atomic E-state index is 0.175. The molecule has 26 heavy (non-hydrogen) atoms. The van der Waals surface area contributed by atoms with Crippen molar-refractivity contribution in [2.75, 3.05) is 6.54 Å². The first-order valence-corrected chi connectivity index (χ1v) is 11.0. The van der Waals surface area contributed by atoms with Gasteiger partial charge in [-0.25, -0.2) is 8.42 Å². The highest BCUT2D eigenvalue weighted by Gasteiger charge is 2.37. The molecule has 1 aliphatic rings. The van der Waals surface area contributed by atoms with E-state index < -0.39 is 16.1 Å². The van der Waals surface area contributed by atoms with E-state index in [2.05, 4.69) is 10.2 Å². The maximum absolute atomic E-state index is 13.1. The van der Waals surface area contributed by atoms with Crippen molar-refractivity contribution in [3.63, 3.8) is 0 Å². The smallest absolute Gasteiger partial charge is 0.248 e. The van der Waals surface area contributed by atoms with E-state index in [4.69, 9.17) is 16.0 Å². The second-order valence-corrected chi connectivity index (χ2v) is 9.15. The molecule has 6 nitrogen and oxygen atoms in total. The van der Waals surface area contributed by atoms with Crippen molar-refractivity contribution in [1.29, 1.82) is 0 Å². The molecule has 1 aromatic carbocycles. The van der Waals surface area contributed by atoms with Crippen molar-refractivity contribution in [1.82, 2.24) is 14.5 Å². The molecule has 0 N–H and O–H groups in total. The third-order valence-corrected chi connectivity index (χ3v) is 7.17. The molecular weight excluding hydrogens is 394 g/mol. The SMILES string of the molecule is O=S(=O)(c1cccc(Cl)c1)N1CCCCC1c1nnc(-c2ccsc2)o1. The topological polar surface area (TPSA) is 76.3 Å². The molecule has 1 unspecified atom stereocenters. The summed E-state index contributed by atoms with van der Waals surface area (Å²) in [5.41, 5.74) is 0.841. The van der Waals surface area contributed by atoms with Crippen LogP contribution in [0.3, 0.4) is 0 Å². The van der Waals surface area contributed by atoms with Crippen LogP contribution in [0.4, 0.5) is 0 Å². The van der Waals surface area contributed by atoms with E-state index in [1.807, 2.05) is 16.8 Å². The van der Waals surface area contributed by atoms with E-state index in [1.165, 1.54) is 21.7 Å². The van der Waals surface area contributed by atoms with Crippen LogP contribution in [-0.2, 0) is 10.0 Å². The number of hydrogen-bond acceptors (Lipinski definition) is 6. The Balaban J connectivity index is 1.69. The first-order chi connectivity index (χ1) is 12.6. The fraction of sp³-hybridized carbons (Fsp3) is 0.294. The second kappa shape index (κ2) is 7.11. The number of sulfonamides is 1. The number of thiophene rings is 1. The van der Waals surface area contributed by atoms with Crippen LogP contribution in [0.25, 0.3) is 11.5 Å². The number of rotatable bonds is 4. The molecule has 1 fully saturated rings. The van der Waals surface area contributed by atoms with Crippen molar-refractivity contribution in [3.05, 3.63) is 52.0 Å². The van der Waals surface area contributed by atoms with Gasteiger partial charge in [-0.05, 0) is 42.5 Å². The maximum atomic E-state index is 13.1. The van der Waals surface area contributed by atoms with Gasteiger partial charge in [0.15, 0.2) is 0 Å². The molecule has 0 aliphatic carbocycles. The lowest BCUT2D eigenvalue weighted by molar-refractivity contribution is 0.220. The zero-order valence-corrected chi connectivity index (χ0v) is 16.1. The monoisotopic (exact) mass is 409 g/mol. The summed E-state index contributed by atoms with van der Waals surface area (Å²) in [7, 11) is -3.70. The van der Waals surface area contributed by atoms with Gasteiger partial charge in [-0.2, -0.15) is 15.6 Å². The molecule has 0 saturated carbocycles. The average molecular weight is 410 g/mol. The summed E-state index contributed by atoms with van der Waals surface area (Å²) in [6, 6.07) is 7.73. The molecule has 3 aromatic rings. The van der Waals surface area contributed by atoms with Crippen molar-refractivity contribution in [3.8, 4) is 11.5 Å². The molecule has 1 atom stereocenters. The fourth-order valence-electron chi connectivity index (χ4n) is 3.07. The molecule has 136 valence electrons. The molecule has 9 heteroatoms. The Morgan fingerprint density at radius 1 is 1.23 bits per heavy atom. The van der Waals surface area contributed by atoms with Crippen molar-refractivity contribution in [2.45, 2.75) is 30.2 Å².